The van der Waals surface area contributed by atoms with Crippen molar-refractivity contribution in [3.05, 3.63) is 23.8 Å². The Morgan fingerprint density at radius 1 is 1.48 bits per heavy atom. The Morgan fingerprint density at radius 3 is 2.90 bits per heavy atom. The zero-order valence-corrected chi connectivity index (χ0v) is 14.0. The summed E-state index contributed by atoms with van der Waals surface area (Å²) in [6.45, 7) is 3.79. The number of nitrogen functional groups attached to an aromatic ring is 1. The van der Waals surface area contributed by atoms with Gasteiger partial charge < -0.3 is 10.5 Å². The fraction of sp³-hybridized carbons (Fsp3) is 0.571. The number of nitrogens with zero attached hydrogens (tertiary/aromatic N) is 1. The molecule has 0 aromatic heterocycles. The van der Waals surface area contributed by atoms with Gasteiger partial charge in [0.2, 0.25) is 0 Å². The van der Waals surface area contributed by atoms with Gasteiger partial charge in [0.25, 0.3) is 0 Å². The maximum atomic E-state index is 12.0. The number of sulfone groups is 1. The Morgan fingerprint density at radius 2 is 2.24 bits per heavy atom. The third-order valence-electron chi connectivity index (χ3n) is 3.44. The van der Waals surface area contributed by atoms with E-state index in [9.17, 15) is 8.42 Å². The summed E-state index contributed by atoms with van der Waals surface area (Å²) in [6.07, 6.45) is 1.30. The van der Waals surface area contributed by atoms with Gasteiger partial charge >= 0.3 is 0 Å². The van der Waals surface area contributed by atoms with E-state index in [1.54, 1.807) is 17.8 Å². The minimum atomic E-state index is -3.10. The van der Waals surface area contributed by atoms with Crippen molar-refractivity contribution in [3.63, 3.8) is 0 Å². The molecule has 1 unspecified atom stereocenters. The first-order chi connectivity index (χ1) is 9.91. The molecule has 2 N–H and O–H groups in total. The van der Waals surface area contributed by atoms with Gasteiger partial charge in [0.05, 0.1) is 6.61 Å². The smallest absolute Gasteiger partial charge is 0.164 e. The van der Waals surface area contributed by atoms with Crippen LogP contribution in [0.2, 0.25) is 0 Å². The molecular weight excluding hydrogens is 308 g/mol. The van der Waals surface area contributed by atoms with Crippen LogP contribution < -0.4 is 10.5 Å². The van der Waals surface area contributed by atoms with Gasteiger partial charge in [-0.3, -0.25) is 4.90 Å². The molecule has 0 spiro atoms. The fourth-order valence-corrected chi connectivity index (χ4v) is 5.37. The number of benzene rings is 1. The van der Waals surface area contributed by atoms with Crippen LogP contribution in [0, 0.1) is 0 Å². The molecule has 1 aliphatic heterocycles. The Hall–Kier alpha value is -0.920. The van der Waals surface area contributed by atoms with E-state index in [2.05, 4.69) is 0 Å². The van der Waals surface area contributed by atoms with E-state index in [4.69, 9.17) is 10.5 Å². The molecule has 1 aromatic rings. The van der Waals surface area contributed by atoms with Crippen LogP contribution >= 0.6 is 11.8 Å². The van der Waals surface area contributed by atoms with Gasteiger partial charge in [-0.15, -0.1) is 0 Å². The fourth-order valence-electron chi connectivity index (χ4n) is 2.43. The lowest BCUT2D eigenvalue weighted by atomic mass is 10.1. The summed E-state index contributed by atoms with van der Waals surface area (Å²) in [5, 5.41) is -0.438. The third-order valence-corrected chi connectivity index (χ3v) is 6.13. The van der Waals surface area contributed by atoms with Crippen molar-refractivity contribution in [3.8, 4) is 5.75 Å². The molecule has 21 heavy (non-hydrogen) atoms. The molecule has 7 heteroatoms. The largest absolute Gasteiger partial charge is 0.494 e. The normalized spacial score (nSPS) is 20.4. The monoisotopic (exact) mass is 330 g/mol. The Kier molecular flexibility index (Phi) is 5.40. The first kappa shape index (κ1) is 16.5. The van der Waals surface area contributed by atoms with Crippen LogP contribution in [-0.4, -0.2) is 49.6 Å². The zero-order valence-electron chi connectivity index (χ0n) is 12.4. The highest BCUT2D eigenvalue weighted by molar-refractivity contribution is 8.00. The third kappa shape index (κ3) is 4.28. The molecule has 0 amide bonds. The second-order valence-corrected chi connectivity index (χ2v) is 8.48. The van der Waals surface area contributed by atoms with E-state index in [0.717, 1.165) is 23.6 Å². The van der Waals surface area contributed by atoms with Gasteiger partial charge in [-0.25, -0.2) is 8.42 Å². The van der Waals surface area contributed by atoms with Crippen LogP contribution in [0.4, 0.5) is 5.69 Å². The summed E-state index contributed by atoms with van der Waals surface area (Å²) in [4.78, 5) is 2.00. The van der Waals surface area contributed by atoms with Crippen molar-refractivity contribution in [2.45, 2.75) is 18.8 Å². The van der Waals surface area contributed by atoms with Crippen molar-refractivity contribution < 1.29 is 13.2 Å². The average molecular weight is 330 g/mol. The lowest BCUT2D eigenvalue weighted by molar-refractivity contribution is 0.254. The maximum Gasteiger partial charge on any atom is 0.164 e. The lowest BCUT2D eigenvalue weighted by Crippen LogP contribution is -2.46. The summed E-state index contributed by atoms with van der Waals surface area (Å²) >= 11 is 1.69. The van der Waals surface area contributed by atoms with Crippen LogP contribution in [0.25, 0.3) is 0 Å². The highest BCUT2D eigenvalue weighted by Gasteiger charge is 2.31. The molecule has 5 nitrogen and oxygen atoms in total. The second-order valence-electron chi connectivity index (χ2n) is 5.13. The van der Waals surface area contributed by atoms with E-state index >= 15 is 0 Å². The predicted molar refractivity (Wildman–Crippen MR) is 88.4 cm³/mol. The molecule has 0 radical (unpaired) electrons. The summed E-state index contributed by atoms with van der Waals surface area (Å²) in [7, 11) is -3.10. The molecule has 1 atom stereocenters. The van der Waals surface area contributed by atoms with E-state index in [-0.39, 0.29) is 0 Å². The minimum Gasteiger partial charge on any atom is -0.494 e. The van der Waals surface area contributed by atoms with Crippen molar-refractivity contribution in [1.82, 2.24) is 4.90 Å². The highest BCUT2D eigenvalue weighted by atomic mass is 32.2. The molecule has 0 saturated carbocycles. The van der Waals surface area contributed by atoms with Crippen LogP contribution in [0.15, 0.2) is 18.2 Å². The van der Waals surface area contributed by atoms with Crippen molar-refractivity contribution in [2.75, 3.05) is 36.6 Å². The van der Waals surface area contributed by atoms with E-state index in [1.165, 1.54) is 6.26 Å². The standard InChI is InChI=1S/C14H22N2O3S2/c1-3-19-13-5-4-12(15)8-11(13)9-16-6-7-20-10-14(16)21(2,17)18/h4-5,8,14H,3,6-7,9-10,15H2,1-2H3. The molecular formula is C14H22N2O3S2. The Labute approximate surface area is 130 Å². The van der Waals surface area contributed by atoms with Crippen LogP contribution in [-0.2, 0) is 16.4 Å². The number of hydrogen-bond donors (Lipinski definition) is 1. The first-order valence-electron chi connectivity index (χ1n) is 6.93. The average Bonchev–Trinajstić information content (AvgIpc) is 2.41. The van der Waals surface area contributed by atoms with Crippen molar-refractivity contribution in [1.29, 1.82) is 0 Å². The van der Waals surface area contributed by atoms with Gasteiger partial charge in [0, 0.05) is 42.1 Å². The zero-order chi connectivity index (χ0) is 15.5. The number of ether oxygens (including phenoxy) is 1. The summed E-state index contributed by atoms with van der Waals surface area (Å²) in [5.41, 5.74) is 7.46. The van der Waals surface area contributed by atoms with Crippen LogP contribution in [0.3, 0.4) is 0 Å². The van der Waals surface area contributed by atoms with Gasteiger partial charge in [-0.2, -0.15) is 11.8 Å². The van der Waals surface area contributed by atoms with Crippen molar-refractivity contribution in [2.24, 2.45) is 0 Å². The SMILES string of the molecule is CCOc1ccc(N)cc1CN1CCSCC1S(C)(=O)=O. The number of hydrogen-bond acceptors (Lipinski definition) is 6. The lowest BCUT2D eigenvalue weighted by Gasteiger charge is -2.34. The molecule has 2 rings (SSSR count). The van der Waals surface area contributed by atoms with Gasteiger partial charge in [-0.1, -0.05) is 0 Å². The van der Waals surface area contributed by atoms with E-state index in [0.29, 0.717) is 24.6 Å². The summed E-state index contributed by atoms with van der Waals surface area (Å²) in [6, 6.07) is 5.52. The molecule has 1 fully saturated rings. The molecule has 0 aliphatic carbocycles. The predicted octanol–water partition coefficient (Wildman–Crippen LogP) is 1.59. The van der Waals surface area contributed by atoms with Gasteiger partial charge in [0.15, 0.2) is 9.84 Å². The molecule has 1 aromatic carbocycles. The van der Waals surface area contributed by atoms with Crippen LogP contribution in [0.1, 0.15) is 12.5 Å². The van der Waals surface area contributed by atoms with Gasteiger partial charge in [0.1, 0.15) is 11.1 Å². The Bertz CT molecular complexity index is 590. The van der Waals surface area contributed by atoms with Crippen molar-refractivity contribution >= 4 is 27.3 Å². The van der Waals surface area contributed by atoms with Crippen LogP contribution in [0.5, 0.6) is 5.75 Å². The molecule has 1 saturated heterocycles. The topological polar surface area (TPSA) is 72.6 Å². The Balaban J connectivity index is 2.24. The number of thioether (sulfide) groups is 1. The minimum absolute atomic E-state index is 0.438. The number of rotatable bonds is 5. The number of nitrogens with two attached hydrogens (primary N) is 1. The molecule has 0 bridgehead atoms. The quantitative estimate of drug-likeness (QED) is 0.827. The van der Waals surface area contributed by atoms with Gasteiger partial charge in [-0.05, 0) is 25.1 Å². The molecule has 1 heterocycles. The molecule has 118 valence electrons. The van der Waals surface area contributed by atoms with E-state index in [1.807, 2.05) is 24.0 Å². The summed E-state index contributed by atoms with van der Waals surface area (Å²) < 4.78 is 29.5. The number of anilines is 1. The highest BCUT2D eigenvalue weighted by Crippen LogP contribution is 2.27. The maximum absolute atomic E-state index is 12.0. The first-order valence-corrected chi connectivity index (χ1v) is 10.0. The second kappa shape index (κ2) is 6.89. The van der Waals surface area contributed by atoms with E-state index < -0.39 is 15.2 Å². The summed E-state index contributed by atoms with van der Waals surface area (Å²) in [5.74, 6) is 2.33. The molecule has 1 aliphatic rings.